The van der Waals surface area contributed by atoms with Gasteiger partial charge in [-0.05, 0) is 62.6 Å². The highest BCUT2D eigenvalue weighted by Crippen LogP contribution is 2.68. The molecule has 2 bridgehead atoms. The number of ketones is 1. The number of aliphatic hydroxyl groups is 1. The van der Waals surface area contributed by atoms with E-state index in [1.54, 1.807) is 19.9 Å². The Morgan fingerprint density at radius 2 is 2.00 bits per heavy atom. The quantitative estimate of drug-likeness (QED) is 0.276. The average Bonchev–Trinajstić information content (AvgIpc) is 3.29. The Labute approximate surface area is 248 Å². The summed E-state index contributed by atoms with van der Waals surface area (Å²) in [6.07, 6.45) is 2.77. The van der Waals surface area contributed by atoms with Gasteiger partial charge in [0, 0.05) is 42.7 Å². The molecule has 9 atom stereocenters. The molecule has 0 spiro atoms. The van der Waals surface area contributed by atoms with Crippen molar-refractivity contribution in [3.8, 4) is 0 Å². The van der Waals surface area contributed by atoms with Crippen molar-refractivity contribution in [2.45, 2.75) is 110 Å². The van der Waals surface area contributed by atoms with E-state index in [4.69, 9.17) is 18.7 Å². The van der Waals surface area contributed by atoms with Gasteiger partial charge in [-0.2, -0.15) is 0 Å². The summed E-state index contributed by atoms with van der Waals surface area (Å²) < 4.78 is 52.8. The van der Waals surface area contributed by atoms with E-state index in [1.807, 2.05) is 20.8 Å². The van der Waals surface area contributed by atoms with Crippen LogP contribution in [0.25, 0.3) is 0 Å². The largest absolute Gasteiger partial charge is 0.461 e. The van der Waals surface area contributed by atoms with Crippen molar-refractivity contribution >= 4 is 29.4 Å². The standard InChI is InChI=1S/C31H52N2O5S/c1-10-29(8)15-22(38-23(35)16-39-28(6,7)17-33-27(37)24(32)18(2)3)30(9)19(4)11-13-31(20(5)26(29)36)14-12-21(34)25(30)31/h10,18-20,22,24-26,36H,1,11-17,32H2,2-9H3,(H,33,37)/t19-,20-,22+,24+,25-,26-,29+,30-,31-/m0/s1/i6D3,7D3. The summed E-state index contributed by atoms with van der Waals surface area (Å²) in [4.78, 5) is 39.9. The van der Waals surface area contributed by atoms with Crippen LogP contribution in [0.5, 0.6) is 0 Å². The number of amides is 1. The number of aliphatic hydroxyl groups excluding tert-OH is 1. The maximum absolute atomic E-state index is 13.7. The van der Waals surface area contributed by atoms with E-state index in [9.17, 15) is 19.5 Å². The summed E-state index contributed by atoms with van der Waals surface area (Å²) >= 11 is 0.408. The number of carbonyl (C=O) groups is 3. The highest BCUT2D eigenvalue weighted by Gasteiger charge is 2.68. The third-order valence-corrected chi connectivity index (χ3v) is 11.6. The summed E-state index contributed by atoms with van der Waals surface area (Å²) in [5, 5.41) is 14.1. The van der Waals surface area contributed by atoms with Gasteiger partial charge in [-0.1, -0.05) is 47.6 Å². The third kappa shape index (κ3) is 5.85. The Kier molecular flexibility index (Phi) is 7.14. The molecule has 3 saturated carbocycles. The van der Waals surface area contributed by atoms with Crippen LogP contribution in [-0.2, 0) is 19.1 Å². The second-order valence-electron chi connectivity index (χ2n) is 13.2. The Bertz CT molecular complexity index is 1150. The molecule has 0 unspecified atom stereocenters. The summed E-state index contributed by atoms with van der Waals surface area (Å²) in [6, 6.07) is -0.980. The van der Waals surface area contributed by atoms with Crippen LogP contribution < -0.4 is 11.1 Å². The fraction of sp³-hybridized carbons (Fsp3) is 0.839. The summed E-state index contributed by atoms with van der Waals surface area (Å²) in [6.45, 7) is 8.34. The van der Waals surface area contributed by atoms with Gasteiger partial charge in [0.15, 0.2) is 0 Å². The highest BCUT2D eigenvalue weighted by molar-refractivity contribution is 8.01. The minimum absolute atomic E-state index is 0.0103. The van der Waals surface area contributed by atoms with Crippen LogP contribution in [0.1, 0.15) is 95.6 Å². The normalized spacial score (nSPS) is 42.3. The maximum atomic E-state index is 13.7. The molecule has 1 amide bonds. The van der Waals surface area contributed by atoms with Crippen LogP contribution in [0.15, 0.2) is 12.7 Å². The molecule has 3 aliphatic rings. The number of Topliss-reactive ketones (excluding diaryl/α,β-unsaturated/α-hetero) is 1. The number of hydrogen-bond donors (Lipinski definition) is 3. The maximum Gasteiger partial charge on any atom is 0.316 e. The number of nitrogens with one attached hydrogen (secondary N) is 1. The zero-order valence-corrected chi connectivity index (χ0v) is 25.2. The molecule has 0 aliphatic heterocycles. The second kappa shape index (κ2) is 11.5. The van der Waals surface area contributed by atoms with Gasteiger partial charge in [-0.3, -0.25) is 14.4 Å². The molecule has 0 radical (unpaired) electrons. The molecule has 3 aliphatic carbocycles. The van der Waals surface area contributed by atoms with Gasteiger partial charge >= 0.3 is 5.97 Å². The molecular formula is C31H52N2O5S. The molecule has 0 saturated heterocycles. The molecule has 0 heterocycles. The van der Waals surface area contributed by atoms with E-state index in [0.29, 0.717) is 24.6 Å². The summed E-state index contributed by atoms with van der Waals surface area (Å²) in [7, 11) is 0. The lowest BCUT2D eigenvalue weighted by molar-refractivity contribution is -0.205. The number of rotatable bonds is 9. The minimum atomic E-state index is -3.11. The molecule has 3 rings (SSSR count). The lowest BCUT2D eigenvalue weighted by atomic mass is 9.44. The Morgan fingerprint density at radius 1 is 1.33 bits per heavy atom. The molecule has 0 aromatic carbocycles. The zero-order valence-electron chi connectivity index (χ0n) is 30.3. The SMILES string of the molecule is [2H]C([2H])([2H])C(CNC(=O)[C@H](N)C(C)C)(SCC(=O)O[C@@H]1C[C@@](C)(C=C)[C@@H](O)[C@H](C)[C@]23CCC(=O)[C@H]2[C@@]1(C)[C@@H](C)CC3)C([2H])([2H])[2H]. The smallest absolute Gasteiger partial charge is 0.316 e. The predicted molar refractivity (Wildman–Crippen MR) is 157 cm³/mol. The fourth-order valence-electron chi connectivity index (χ4n) is 7.56. The van der Waals surface area contributed by atoms with Crippen molar-refractivity contribution in [2.75, 3.05) is 12.3 Å². The van der Waals surface area contributed by atoms with E-state index < -0.39 is 83.0 Å². The fourth-order valence-corrected chi connectivity index (χ4v) is 8.17. The van der Waals surface area contributed by atoms with Crippen LogP contribution >= 0.6 is 11.8 Å². The Morgan fingerprint density at radius 3 is 2.59 bits per heavy atom. The number of ether oxygens (including phenoxy) is 1. The minimum Gasteiger partial charge on any atom is -0.461 e. The van der Waals surface area contributed by atoms with Crippen molar-refractivity contribution in [3.05, 3.63) is 12.7 Å². The van der Waals surface area contributed by atoms with Gasteiger partial charge < -0.3 is 20.9 Å². The zero-order chi connectivity index (χ0) is 34.6. The van der Waals surface area contributed by atoms with Crippen LogP contribution in [0, 0.1) is 39.9 Å². The first-order chi connectivity index (χ1) is 20.4. The molecule has 222 valence electrons. The predicted octanol–water partition coefficient (Wildman–Crippen LogP) is 4.50. The molecule has 3 fully saturated rings. The third-order valence-electron chi connectivity index (χ3n) is 10.5. The number of esters is 1. The van der Waals surface area contributed by atoms with Crippen LogP contribution in [-0.4, -0.2) is 58.1 Å². The van der Waals surface area contributed by atoms with E-state index in [0.717, 1.165) is 12.8 Å². The van der Waals surface area contributed by atoms with Gasteiger partial charge in [0.2, 0.25) is 5.91 Å². The van der Waals surface area contributed by atoms with Crippen molar-refractivity contribution in [1.82, 2.24) is 5.32 Å². The number of carbonyl (C=O) groups excluding carboxylic acids is 3. The van der Waals surface area contributed by atoms with Crippen molar-refractivity contribution in [2.24, 2.45) is 45.7 Å². The molecule has 4 N–H and O–H groups in total. The summed E-state index contributed by atoms with van der Waals surface area (Å²) in [5.74, 6) is -2.99. The Balaban J connectivity index is 1.98. The molecular weight excluding hydrogens is 512 g/mol. The average molecular weight is 571 g/mol. The van der Waals surface area contributed by atoms with Gasteiger partial charge in [-0.15, -0.1) is 18.3 Å². The number of thioether (sulfide) groups is 1. The molecule has 0 aromatic heterocycles. The van der Waals surface area contributed by atoms with Gasteiger partial charge in [0.1, 0.15) is 11.9 Å². The number of nitrogens with two attached hydrogens (primary N) is 1. The van der Waals surface area contributed by atoms with E-state index in [2.05, 4.69) is 18.8 Å². The Hall–Kier alpha value is -1.38. The van der Waals surface area contributed by atoms with Gasteiger partial charge in [-0.25, -0.2) is 0 Å². The van der Waals surface area contributed by atoms with E-state index in [1.165, 1.54) is 0 Å². The van der Waals surface area contributed by atoms with Crippen molar-refractivity contribution in [1.29, 1.82) is 0 Å². The van der Waals surface area contributed by atoms with Crippen LogP contribution in [0.4, 0.5) is 0 Å². The second-order valence-corrected chi connectivity index (χ2v) is 14.4. The molecule has 8 heteroatoms. The molecule has 7 nitrogen and oxygen atoms in total. The highest BCUT2D eigenvalue weighted by atomic mass is 32.2. The summed E-state index contributed by atoms with van der Waals surface area (Å²) in [5.41, 5.74) is 3.79. The van der Waals surface area contributed by atoms with Crippen molar-refractivity contribution < 1.29 is 32.5 Å². The molecule has 0 aromatic rings. The van der Waals surface area contributed by atoms with Gasteiger partial charge in [0.05, 0.1) is 17.9 Å². The number of hydrogen-bond acceptors (Lipinski definition) is 7. The van der Waals surface area contributed by atoms with E-state index >= 15 is 0 Å². The lowest BCUT2D eigenvalue weighted by Gasteiger charge is -2.61. The first kappa shape index (κ1) is 24.2. The van der Waals surface area contributed by atoms with E-state index in [-0.39, 0.29) is 30.0 Å². The first-order valence-corrected chi connectivity index (χ1v) is 15.1. The monoisotopic (exact) mass is 570 g/mol. The molecule has 39 heavy (non-hydrogen) atoms. The van der Waals surface area contributed by atoms with Crippen LogP contribution in [0.2, 0.25) is 0 Å². The first-order valence-electron chi connectivity index (χ1n) is 17.2. The topological polar surface area (TPSA) is 119 Å². The van der Waals surface area contributed by atoms with Crippen LogP contribution in [0.3, 0.4) is 0 Å². The lowest BCUT2D eigenvalue weighted by Crippen LogP contribution is -2.63. The van der Waals surface area contributed by atoms with Crippen molar-refractivity contribution in [3.63, 3.8) is 0 Å². The van der Waals surface area contributed by atoms with Gasteiger partial charge in [0.25, 0.3) is 0 Å².